The first-order valence-electron chi connectivity index (χ1n) is 9.18. The highest BCUT2D eigenvalue weighted by Gasteiger charge is 2.16. The van der Waals surface area contributed by atoms with Crippen LogP contribution < -0.4 is 14.8 Å². The van der Waals surface area contributed by atoms with E-state index in [-0.39, 0.29) is 5.91 Å². The molecular weight excluding hydrogens is 454 g/mol. The summed E-state index contributed by atoms with van der Waals surface area (Å²) in [5.41, 5.74) is 3.36. The Labute approximate surface area is 183 Å². The van der Waals surface area contributed by atoms with Crippen LogP contribution in [0.15, 0.2) is 65.1 Å². The molecule has 4 nitrogen and oxygen atoms in total. The quantitative estimate of drug-likeness (QED) is 0.417. The van der Waals surface area contributed by atoms with E-state index in [2.05, 4.69) is 21.2 Å². The normalized spacial score (nSPS) is 10.5. The lowest BCUT2D eigenvalue weighted by Crippen LogP contribution is -2.12. The monoisotopic (exact) mass is 473 g/mol. The summed E-state index contributed by atoms with van der Waals surface area (Å²) in [4.78, 5) is 12.7. The summed E-state index contributed by atoms with van der Waals surface area (Å²) in [7, 11) is 0. The molecule has 0 spiro atoms. The van der Waals surface area contributed by atoms with Gasteiger partial charge in [-0.05, 0) is 71.7 Å². The minimum Gasteiger partial charge on any atom is -0.490 e. The molecule has 0 radical (unpaired) electrons. The van der Waals surface area contributed by atoms with Crippen LogP contribution >= 0.6 is 27.5 Å². The van der Waals surface area contributed by atoms with Crippen molar-refractivity contribution in [3.05, 3.63) is 86.8 Å². The zero-order valence-corrected chi connectivity index (χ0v) is 18.5. The van der Waals surface area contributed by atoms with Crippen LogP contribution in [0.4, 0.5) is 5.69 Å². The average Bonchev–Trinajstić information content (AvgIpc) is 2.70. The number of carbonyl (C=O) groups excluding carboxylic acids is 1. The van der Waals surface area contributed by atoms with Crippen LogP contribution in [0.1, 0.15) is 28.4 Å². The van der Waals surface area contributed by atoms with Crippen molar-refractivity contribution in [3.63, 3.8) is 0 Å². The molecular formula is C23H21BrClNO3. The third kappa shape index (κ3) is 5.75. The number of rotatable bonds is 7. The summed E-state index contributed by atoms with van der Waals surface area (Å²) >= 11 is 9.41. The third-order valence-electron chi connectivity index (χ3n) is 4.18. The molecule has 0 aliphatic heterocycles. The first-order chi connectivity index (χ1) is 14.0. The number of halogens is 2. The number of ether oxygens (including phenoxy) is 2. The zero-order valence-electron chi connectivity index (χ0n) is 16.2. The van der Waals surface area contributed by atoms with Crippen molar-refractivity contribution in [2.75, 3.05) is 11.9 Å². The number of carbonyl (C=O) groups is 1. The number of anilines is 1. The van der Waals surface area contributed by atoms with Crippen molar-refractivity contribution < 1.29 is 14.3 Å². The van der Waals surface area contributed by atoms with E-state index >= 15 is 0 Å². The molecule has 1 N–H and O–H groups in total. The van der Waals surface area contributed by atoms with Gasteiger partial charge in [0.1, 0.15) is 6.61 Å². The molecule has 0 aromatic heterocycles. The summed E-state index contributed by atoms with van der Waals surface area (Å²) < 4.78 is 12.4. The third-order valence-corrected chi connectivity index (χ3v) is 5.02. The largest absolute Gasteiger partial charge is 0.490 e. The molecule has 0 saturated heterocycles. The maximum Gasteiger partial charge on any atom is 0.255 e. The van der Waals surface area contributed by atoms with E-state index in [1.54, 1.807) is 36.4 Å². The van der Waals surface area contributed by atoms with E-state index in [0.29, 0.717) is 45.5 Å². The highest BCUT2D eigenvalue weighted by molar-refractivity contribution is 9.10. The van der Waals surface area contributed by atoms with Crippen LogP contribution in [0.25, 0.3) is 0 Å². The zero-order chi connectivity index (χ0) is 20.8. The summed E-state index contributed by atoms with van der Waals surface area (Å²) in [6, 6.07) is 18.5. The van der Waals surface area contributed by atoms with Gasteiger partial charge in [0.05, 0.1) is 11.1 Å². The molecule has 0 aliphatic carbocycles. The molecule has 3 aromatic rings. The molecule has 29 heavy (non-hydrogen) atoms. The molecule has 0 fully saturated rings. The second-order valence-corrected chi connectivity index (χ2v) is 7.74. The Morgan fingerprint density at radius 3 is 2.38 bits per heavy atom. The highest BCUT2D eigenvalue weighted by atomic mass is 79.9. The molecule has 150 valence electrons. The fraction of sp³-hybridized carbons (Fsp3) is 0.174. The van der Waals surface area contributed by atoms with E-state index < -0.39 is 0 Å². The Bertz CT molecular complexity index is 988. The molecule has 1 amide bonds. The van der Waals surface area contributed by atoms with Gasteiger partial charge in [-0.3, -0.25) is 4.79 Å². The second-order valence-electron chi connectivity index (χ2n) is 6.45. The summed E-state index contributed by atoms with van der Waals surface area (Å²) in [5, 5.41) is 3.46. The Kier molecular flexibility index (Phi) is 7.18. The number of nitrogens with one attached hydrogen (secondary N) is 1. The van der Waals surface area contributed by atoms with E-state index in [1.807, 2.05) is 38.1 Å². The van der Waals surface area contributed by atoms with Crippen molar-refractivity contribution in [2.45, 2.75) is 20.5 Å². The fourth-order valence-electron chi connectivity index (χ4n) is 2.68. The maximum atomic E-state index is 12.7. The minimum atomic E-state index is -0.251. The fourth-order valence-corrected chi connectivity index (χ4v) is 3.36. The summed E-state index contributed by atoms with van der Waals surface area (Å²) in [5.74, 6) is 0.824. The highest BCUT2D eigenvalue weighted by Crippen LogP contribution is 2.37. The van der Waals surface area contributed by atoms with Gasteiger partial charge >= 0.3 is 0 Å². The van der Waals surface area contributed by atoms with Crippen molar-refractivity contribution >= 4 is 39.1 Å². The Hall–Kier alpha value is -2.50. The van der Waals surface area contributed by atoms with Crippen molar-refractivity contribution in [3.8, 4) is 11.5 Å². The van der Waals surface area contributed by atoms with E-state index in [9.17, 15) is 4.79 Å². The molecule has 0 heterocycles. The lowest BCUT2D eigenvalue weighted by Gasteiger charge is -2.16. The van der Waals surface area contributed by atoms with E-state index in [0.717, 1.165) is 5.56 Å². The molecule has 0 aliphatic rings. The Morgan fingerprint density at radius 2 is 1.72 bits per heavy atom. The maximum absolute atomic E-state index is 12.7. The number of amides is 1. The van der Waals surface area contributed by atoms with Crippen LogP contribution in [-0.2, 0) is 6.61 Å². The molecule has 0 bridgehead atoms. The van der Waals surface area contributed by atoms with Crippen LogP contribution in [0, 0.1) is 6.92 Å². The average molecular weight is 475 g/mol. The molecule has 3 rings (SSSR count). The van der Waals surface area contributed by atoms with Gasteiger partial charge in [-0.1, -0.05) is 41.4 Å². The first kappa shape index (κ1) is 21.2. The molecule has 0 atom stereocenters. The lowest BCUT2D eigenvalue weighted by molar-refractivity contribution is 0.102. The summed E-state index contributed by atoms with van der Waals surface area (Å²) in [6.07, 6.45) is 0. The van der Waals surface area contributed by atoms with Gasteiger partial charge in [-0.25, -0.2) is 0 Å². The molecule has 3 aromatic carbocycles. The predicted molar refractivity (Wildman–Crippen MR) is 120 cm³/mol. The van der Waals surface area contributed by atoms with Gasteiger partial charge < -0.3 is 14.8 Å². The molecule has 0 saturated carbocycles. The molecule has 0 unspecified atom stereocenters. The number of hydrogen-bond donors (Lipinski definition) is 1. The number of aryl methyl sites for hydroxylation is 1. The number of benzene rings is 3. The van der Waals surface area contributed by atoms with Gasteiger partial charge in [-0.15, -0.1) is 0 Å². The van der Waals surface area contributed by atoms with Crippen LogP contribution in [0.3, 0.4) is 0 Å². The number of hydrogen-bond acceptors (Lipinski definition) is 3. The van der Waals surface area contributed by atoms with Crippen molar-refractivity contribution in [1.82, 2.24) is 0 Å². The van der Waals surface area contributed by atoms with Gasteiger partial charge in [-0.2, -0.15) is 0 Å². The van der Waals surface area contributed by atoms with Crippen molar-refractivity contribution in [2.24, 2.45) is 0 Å². The predicted octanol–water partition coefficient (Wildman–Crippen LogP) is 6.64. The van der Waals surface area contributed by atoms with E-state index in [1.165, 1.54) is 5.56 Å². The first-order valence-corrected chi connectivity index (χ1v) is 10.3. The van der Waals surface area contributed by atoms with Crippen molar-refractivity contribution in [1.29, 1.82) is 0 Å². The Balaban J connectivity index is 1.80. The lowest BCUT2D eigenvalue weighted by atomic mass is 10.1. The summed E-state index contributed by atoms with van der Waals surface area (Å²) in [6.45, 7) is 4.78. The Morgan fingerprint density at radius 1 is 1.03 bits per heavy atom. The smallest absolute Gasteiger partial charge is 0.255 e. The van der Waals surface area contributed by atoms with Crippen LogP contribution in [0.5, 0.6) is 11.5 Å². The standard InChI is InChI=1S/C23H21BrClNO3/c1-3-28-21-13-17(23(27)26-19-10-8-18(25)9-11-19)12-20(24)22(21)29-14-16-6-4-15(2)5-7-16/h4-13H,3,14H2,1-2H3,(H,26,27). The van der Waals surface area contributed by atoms with E-state index in [4.69, 9.17) is 21.1 Å². The topological polar surface area (TPSA) is 47.6 Å². The van der Waals surface area contributed by atoms with Crippen LogP contribution in [-0.4, -0.2) is 12.5 Å². The minimum absolute atomic E-state index is 0.251. The van der Waals surface area contributed by atoms with Gasteiger partial charge in [0.2, 0.25) is 0 Å². The SMILES string of the molecule is CCOc1cc(C(=O)Nc2ccc(Cl)cc2)cc(Br)c1OCc1ccc(C)cc1. The van der Waals surface area contributed by atoms with Crippen LogP contribution in [0.2, 0.25) is 5.02 Å². The molecule has 6 heteroatoms. The van der Waals surface area contributed by atoms with Gasteiger partial charge in [0.15, 0.2) is 11.5 Å². The van der Waals surface area contributed by atoms with Gasteiger partial charge in [0.25, 0.3) is 5.91 Å². The second kappa shape index (κ2) is 9.81. The van der Waals surface area contributed by atoms with Gasteiger partial charge in [0, 0.05) is 16.3 Å².